The molecule has 10 heteroatoms. The zero-order valence-electron chi connectivity index (χ0n) is 15.9. The highest BCUT2D eigenvalue weighted by atomic mass is 35.5. The fourth-order valence-electron chi connectivity index (χ4n) is 2.91. The van der Waals surface area contributed by atoms with Crippen LogP contribution in [0.3, 0.4) is 0 Å². The van der Waals surface area contributed by atoms with E-state index in [0.29, 0.717) is 6.42 Å². The lowest BCUT2D eigenvalue weighted by atomic mass is 10.2. The number of nitrogens with two attached hydrogens (primary N) is 1. The van der Waals surface area contributed by atoms with Crippen molar-refractivity contribution in [2.45, 2.75) is 49.8 Å². The average molecular weight is 420 g/mol. The van der Waals surface area contributed by atoms with Gasteiger partial charge in [0.25, 0.3) is 0 Å². The van der Waals surface area contributed by atoms with Gasteiger partial charge >= 0.3 is 6.09 Å². The molecule has 1 aromatic rings. The van der Waals surface area contributed by atoms with Crippen LogP contribution in [-0.2, 0) is 14.8 Å². The van der Waals surface area contributed by atoms with Crippen LogP contribution in [0, 0.1) is 0 Å². The molecule has 0 bridgehead atoms. The van der Waals surface area contributed by atoms with Gasteiger partial charge in [-0.3, -0.25) is 0 Å². The van der Waals surface area contributed by atoms with Gasteiger partial charge in [0.15, 0.2) is 0 Å². The smallest absolute Gasteiger partial charge is 0.410 e. The average Bonchev–Trinajstić information content (AvgIpc) is 2.95. The fourth-order valence-corrected chi connectivity index (χ4v) is 4.58. The molecule has 1 heterocycles. The van der Waals surface area contributed by atoms with E-state index in [0.717, 1.165) is 0 Å². The Balaban J connectivity index is 2.18. The van der Waals surface area contributed by atoms with Crippen LogP contribution in [0.2, 0.25) is 5.02 Å². The summed E-state index contributed by atoms with van der Waals surface area (Å²) in [7, 11) is -2.52. The molecular formula is C17H26ClN3O5S. The van der Waals surface area contributed by atoms with Gasteiger partial charge in [-0.1, -0.05) is 11.6 Å². The van der Waals surface area contributed by atoms with Crippen molar-refractivity contribution in [1.29, 1.82) is 0 Å². The summed E-state index contributed by atoms with van der Waals surface area (Å²) in [6.45, 7) is 5.68. The van der Waals surface area contributed by atoms with Gasteiger partial charge in [0.05, 0.1) is 7.11 Å². The molecule has 0 spiro atoms. The number of nitrogens with one attached hydrogen (secondary N) is 1. The molecule has 0 saturated carbocycles. The third-order valence-electron chi connectivity index (χ3n) is 4.05. The lowest BCUT2D eigenvalue weighted by molar-refractivity contribution is 0.0230. The maximum Gasteiger partial charge on any atom is 0.410 e. The summed E-state index contributed by atoms with van der Waals surface area (Å²) in [6, 6.07) is 3.54. The summed E-state index contributed by atoms with van der Waals surface area (Å²) < 4.78 is 38.7. The number of methoxy groups -OCH3 is 1. The molecule has 0 radical (unpaired) electrons. The molecule has 1 aliphatic rings. The van der Waals surface area contributed by atoms with Crippen LogP contribution >= 0.6 is 11.6 Å². The molecule has 8 nitrogen and oxygen atoms in total. The first kappa shape index (κ1) is 21.7. The topological polar surface area (TPSA) is 111 Å². The van der Waals surface area contributed by atoms with Crippen molar-refractivity contribution in [1.82, 2.24) is 9.62 Å². The Morgan fingerprint density at radius 2 is 2.07 bits per heavy atom. The highest BCUT2D eigenvalue weighted by molar-refractivity contribution is 7.89. The van der Waals surface area contributed by atoms with Crippen LogP contribution in [0.5, 0.6) is 5.75 Å². The number of carbonyl (C=O) groups is 1. The molecule has 3 N–H and O–H groups in total. The van der Waals surface area contributed by atoms with Gasteiger partial charge in [-0.05, 0) is 45.4 Å². The van der Waals surface area contributed by atoms with E-state index in [1.54, 1.807) is 26.8 Å². The quantitative estimate of drug-likeness (QED) is 0.754. The van der Waals surface area contributed by atoms with Crippen molar-refractivity contribution in [2.75, 3.05) is 20.2 Å². The number of sulfonamides is 1. The fraction of sp³-hybridized carbons (Fsp3) is 0.588. The molecule has 152 valence electrons. The van der Waals surface area contributed by atoms with E-state index in [9.17, 15) is 13.2 Å². The third-order valence-corrected chi connectivity index (χ3v) is 5.83. The number of hydrogen-bond donors (Lipinski definition) is 2. The molecule has 2 atom stereocenters. The Bertz CT molecular complexity index is 794. The van der Waals surface area contributed by atoms with E-state index in [-0.39, 0.29) is 34.8 Å². The lowest BCUT2D eigenvalue weighted by Crippen LogP contribution is -2.43. The molecule has 1 aromatic carbocycles. The molecule has 0 aromatic heterocycles. The number of likely N-dealkylation sites (tertiary alicyclic amines) is 1. The minimum atomic E-state index is -3.90. The van der Waals surface area contributed by atoms with E-state index < -0.39 is 27.8 Å². The summed E-state index contributed by atoms with van der Waals surface area (Å²) >= 11 is 5.93. The first-order valence-electron chi connectivity index (χ1n) is 8.52. The number of ether oxygens (including phenoxy) is 2. The second kappa shape index (κ2) is 8.22. The zero-order valence-corrected chi connectivity index (χ0v) is 17.4. The minimum Gasteiger partial charge on any atom is -0.495 e. The number of amides is 1. The van der Waals surface area contributed by atoms with Crippen molar-refractivity contribution in [3.05, 3.63) is 23.2 Å². The molecule has 27 heavy (non-hydrogen) atoms. The summed E-state index contributed by atoms with van der Waals surface area (Å²) in [5.74, 6) is 0.185. The molecule has 1 saturated heterocycles. The van der Waals surface area contributed by atoms with E-state index in [1.807, 2.05) is 0 Å². The number of nitrogens with zero attached hydrogens (tertiary/aromatic N) is 1. The number of carbonyl (C=O) groups excluding carboxylic acids is 1. The van der Waals surface area contributed by atoms with Crippen molar-refractivity contribution in [2.24, 2.45) is 5.73 Å². The van der Waals surface area contributed by atoms with Gasteiger partial charge in [0.2, 0.25) is 10.0 Å². The second-order valence-electron chi connectivity index (χ2n) is 7.37. The Hall–Kier alpha value is -1.55. The van der Waals surface area contributed by atoms with E-state index in [1.165, 1.54) is 24.1 Å². The Morgan fingerprint density at radius 1 is 1.41 bits per heavy atom. The van der Waals surface area contributed by atoms with Crippen LogP contribution in [0.4, 0.5) is 4.79 Å². The summed E-state index contributed by atoms with van der Waals surface area (Å²) in [6.07, 6.45) is -0.127. The standard InChI is InChI=1S/C17H26ClN3O5S/c1-17(2,3)26-16(22)21-10-12(8-13(21)9-19)20-27(23,24)15-7-11(18)5-6-14(15)25-4/h5-7,12-13,20H,8-10,19H2,1-4H3/t12-,13-/m1/s1. The van der Waals surface area contributed by atoms with E-state index in [4.69, 9.17) is 26.8 Å². The predicted octanol–water partition coefficient (Wildman–Crippen LogP) is 1.96. The molecule has 1 fully saturated rings. The monoisotopic (exact) mass is 419 g/mol. The van der Waals surface area contributed by atoms with Crippen LogP contribution in [0.25, 0.3) is 0 Å². The number of hydrogen-bond acceptors (Lipinski definition) is 6. The van der Waals surface area contributed by atoms with Crippen LogP contribution in [0.15, 0.2) is 23.1 Å². The Kier molecular flexibility index (Phi) is 6.62. The molecule has 0 aliphatic carbocycles. The van der Waals surface area contributed by atoms with Gasteiger partial charge in [0.1, 0.15) is 16.2 Å². The molecular weight excluding hydrogens is 394 g/mol. The van der Waals surface area contributed by atoms with Crippen molar-refractivity contribution in [3.8, 4) is 5.75 Å². The largest absolute Gasteiger partial charge is 0.495 e. The van der Waals surface area contributed by atoms with E-state index >= 15 is 0 Å². The normalized spacial score (nSPS) is 20.6. The summed E-state index contributed by atoms with van der Waals surface area (Å²) in [5, 5.41) is 0.276. The van der Waals surface area contributed by atoms with Crippen molar-refractivity contribution < 1.29 is 22.7 Å². The number of rotatable bonds is 5. The third kappa shape index (κ3) is 5.47. The predicted molar refractivity (Wildman–Crippen MR) is 103 cm³/mol. The first-order chi connectivity index (χ1) is 12.5. The maximum atomic E-state index is 12.8. The number of benzene rings is 1. The molecule has 0 unspecified atom stereocenters. The summed E-state index contributed by atoms with van der Waals surface area (Å²) in [4.78, 5) is 13.8. The van der Waals surface area contributed by atoms with Crippen molar-refractivity contribution >= 4 is 27.7 Å². The van der Waals surface area contributed by atoms with E-state index in [2.05, 4.69) is 4.72 Å². The Labute approximate surface area is 165 Å². The van der Waals surface area contributed by atoms with Crippen LogP contribution in [-0.4, -0.2) is 57.3 Å². The second-order valence-corrected chi connectivity index (χ2v) is 9.49. The summed E-state index contributed by atoms with van der Waals surface area (Å²) in [5.41, 5.74) is 5.11. The van der Waals surface area contributed by atoms with Gasteiger partial charge in [-0.15, -0.1) is 0 Å². The molecule has 1 amide bonds. The highest BCUT2D eigenvalue weighted by Gasteiger charge is 2.39. The zero-order chi connectivity index (χ0) is 20.4. The SMILES string of the molecule is COc1ccc(Cl)cc1S(=O)(=O)N[C@@H]1C[C@H](CN)N(C(=O)OC(C)(C)C)C1. The van der Waals surface area contributed by atoms with Crippen LogP contribution in [0.1, 0.15) is 27.2 Å². The van der Waals surface area contributed by atoms with Gasteiger partial charge in [-0.2, -0.15) is 0 Å². The van der Waals surface area contributed by atoms with Crippen LogP contribution < -0.4 is 15.2 Å². The highest BCUT2D eigenvalue weighted by Crippen LogP contribution is 2.28. The molecule has 1 aliphatic heterocycles. The molecule has 2 rings (SSSR count). The van der Waals surface area contributed by atoms with Crippen molar-refractivity contribution in [3.63, 3.8) is 0 Å². The maximum absolute atomic E-state index is 12.8. The van der Waals surface area contributed by atoms with Gasteiger partial charge < -0.3 is 20.1 Å². The number of halogens is 1. The van der Waals surface area contributed by atoms with Gasteiger partial charge in [-0.25, -0.2) is 17.9 Å². The lowest BCUT2D eigenvalue weighted by Gasteiger charge is -2.27. The van der Waals surface area contributed by atoms with Gasteiger partial charge in [0, 0.05) is 30.2 Å². The first-order valence-corrected chi connectivity index (χ1v) is 10.4. The minimum absolute atomic E-state index is 0.0579. The Morgan fingerprint density at radius 3 is 2.63 bits per heavy atom.